The third-order valence-electron chi connectivity index (χ3n) is 6.84. The van der Waals surface area contributed by atoms with Crippen molar-refractivity contribution in [3.05, 3.63) is 71.4 Å². The van der Waals surface area contributed by atoms with Crippen LogP contribution in [0.3, 0.4) is 0 Å². The van der Waals surface area contributed by atoms with Crippen LogP contribution in [0.5, 0.6) is 0 Å². The molecule has 2 aromatic carbocycles. The molecule has 3 heterocycles. The van der Waals surface area contributed by atoms with Crippen LogP contribution in [0.1, 0.15) is 42.5 Å². The molecule has 30 heavy (non-hydrogen) atoms. The minimum Gasteiger partial charge on any atom is -0.465 e. The van der Waals surface area contributed by atoms with E-state index in [1.54, 1.807) is 0 Å². The number of hydrogen-bond donors (Lipinski definition) is 2. The molecule has 0 aliphatic carbocycles. The van der Waals surface area contributed by atoms with E-state index in [0.717, 1.165) is 37.0 Å². The number of H-pyrrole nitrogens is 1. The zero-order valence-corrected chi connectivity index (χ0v) is 17.7. The molecule has 5 rings (SSSR count). The number of esters is 1. The molecule has 1 fully saturated rings. The molecule has 0 amide bonds. The van der Waals surface area contributed by atoms with Gasteiger partial charge < -0.3 is 14.6 Å². The number of hydrogen-bond acceptors (Lipinski definition) is 4. The number of para-hydroxylation sites is 1. The molecule has 1 spiro atoms. The summed E-state index contributed by atoms with van der Waals surface area (Å²) in [4.78, 5) is 19.3. The number of aromatic nitrogens is 1. The molecule has 1 aromatic heterocycles. The van der Waals surface area contributed by atoms with Crippen LogP contribution in [0, 0.1) is 0 Å². The van der Waals surface area contributed by atoms with Gasteiger partial charge in [-0.3, -0.25) is 10.1 Å². The highest BCUT2D eigenvalue weighted by molar-refractivity contribution is 5.89. The van der Waals surface area contributed by atoms with E-state index in [1.807, 2.05) is 25.1 Å². The van der Waals surface area contributed by atoms with Gasteiger partial charge in [0, 0.05) is 22.5 Å². The lowest BCUT2D eigenvalue weighted by Gasteiger charge is -2.48. The van der Waals surface area contributed by atoms with E-state index >= 15 is 0 Å². The number of carbonyl (C=O) groups excluding carboxylic acids is 1. The van der Waals surface area contributed by atoms with Gasteiger partial charge in [0.2, 0.25) is 0 Å². The summed E-state index contributed by atoms with van der Waals surface area (Å²) in [6, 6.07) is 18.4. The monoisotopic (exact) mass is 403 g/mol. The van der Waals surface area contributed by atoms with Crippen LogP contribution < -0.4 is 5.32 Å². The lowest BCUT2D eigenvalue weighted by molar-refractivity contribution is -0.147. The van der Waals surface area contributed by atoms with E-state index in [0.29, 0.717) is 6.61 Å². The number of aromatic amines is 1. The van der Waals surface area contributed by atoms with Crippen LogP contribution in [-0.4, -0.2) is 48.6 Å². The summed E-state index contributed by atoms with van der Waals surface area (Å²) in [5.41, 5.74) is 4.51. The Balaban J connectivity index is 1.75. The molecule has 1 saturated heterocycles. The number of carbonyl (C=O) groups is 1. The molecule has 3 aromatic rings. The molecule has 0 radical (unpaired) electrons. The maximum atomic E-state index is 13.2. The van der Waals surface area contributed by atoms with Crippen LogP contribution in [0.4, 0.5) is 0 Å². The van der Waals surface area contributed by atoms with Gasteiger partial charge in [-0.1, -0.05) is 48.5 Å². The molecule has 2 aliphatic heterocycles. The average Bonchev–Trinajstić information content (AvgIpc) is 3.17. The second kappa shape index (κ2) is 7.56. The predicted molar refractivity (Wildman–Crippen MR) is 119 cm³/mol. The van der Waals surface area contributed by atoms with Crippen molar-refractivity contribution in [2.45, 2.75) is 37.3 Å². The summed E-state index contributed by atoms with van der Waals surface area (Å²) in [5.74, 6) is -0.262. The summed E-state index contributed by atoms with van der Waals surface area (Å²) >= 11 is 0. The molecule has 156 valence electrons. The fourth-order valence-corrected chi connectivity index (χ4v) is 5.33. The van der Waals surface area contributed by atoms with Crippen molar-refractivity contribution in [2.75, 3.05) is 26.7 Å². The first-order chi connectivity index (χ1) is 14.6. The number of nitrogens with zero attached hydrogens (tertiary/aromatic N) is 1. The third kappa shape index (κ3) is 3.04. The Hall–Kier alpha value is -2.63. The van der Waals surface area contributed by atoms with E-state index in [1.165, 1.54) is 16.6 Å². The lowest BCUT2D eigenvalue weighted by atomic mass is 9.71. The van der Waals surface area contributed by atoms with Crippen molar-refractivity contribution >= 4 is 16.9 Å². The Kier molecular flexibility index (Phi) is 4.88. The van der Waals surface area contributed by atoms with Crippen LogP contribution in [0.15, 0.2) is 54.6 Å². The lowest BCUT2D eigenvalue weighted by Crippen LogP contribution is -2.61. The van der Waals surface area contributed by atoms with Crippen molar-refractivity contribution in [1.82, 2.24) is 15.2 Å². The molecule has 2 N–H and O–H groups in total. The van der Waals surface area contributed by atoms with Crippen LogP contribution in [-0.2, 0) is 15.1 Å². The number of nitrogens with one attached hydrogen (secondary N) is 2. The zero-order valence-electron chi connectivity index (χ0n) is 17.7. The van der Waals surface area contributed by atoms with Crippen LogP contribution in [0.2, 0.25) is 0 Å². The van der Waals surface area contributed by atoms with Crippen molar-refractivity contribution in [2.24, 2.45) is 0 Å². The second-order valence-electron chi connectivity index (χ2n) is 8.61. The number of ether oxygens (including phenoxy) is 1. The van der Waals surface area contributed by atoms with Crippen molar-refractivity contribution in [1.29, 1.82) is 0 Å². The Morgan fingerprint density at radius 3 is 2.53 bits per heavy atom. The van der Waals surface area contributed by atoms with E-state index < -0.39 is 6.04 Å². The van der Waals surface area contributed by atoms with E-state index in [9.17, 15) is 4.79 Å². The Labute approximate surface area is 177 Å². The SMILES string of the molecule is CCOC(=O)[C@@H]1NC2(CCN(C)CC2)c2[nH]c3ccccc3c2[C@@H]1c1ccccc1. The first-order valence-corrected chi connectivity index (χ1v) is 10.9. The van der Waals surface area contributed by atoms with Gasteiger partial charge in [-0.2, -0.15) is 0 Å². The van der Waals surface area contributed by atoms with Gasteiger partial charge >= 0.3 is 5.97 Å². The van der Waals surface area contributed by atoms with Crippen LogP contribution >= 0.6 is 0 Å². The highest BCUT2D eigenvalue weighted by Crippen LogP contribution is 2.48. The first-order valence-electron chi connectivity index (χ1n) is 10.9. The number of fused-ring (bicyclic) bond motifs is 4. The van der Waals surface area contributed by atoms with Crippen LogP contribution in [0.25, 0.3) is 10.9 Å². The summed E-state index contributed by atoms with van der Waals surface area (Å²) in [7, 11) is 2.16. The summed E-state index contributed by atoms with van der Waals surface area (Å²) < 4.78 is 5.57. The second-order valence-corrected chi connectivity index (χ2v) is 8.61. The molecular formula is C25H29N3O2. The first kappa shape index (κ1) is 19.3. The van der Waals surface area contributed by atoms with Gasteiger partial charge in [0.05, 0.1) is 12.1 Å². The molecule has 2 atom stereocenters. The van der Waals surface area contributed by atoms with Crippen molar-refractivity contribution < 1.29 is 9.53 Å². The molecule has 0 saturated carbocycles. The number of rotatable bonds is 3. The number of likely N-dealkylation sites (tertiary alicyclic amines) is 1. The van der Waals surface area contributed by atoms with E-state index in [-0.39, 0.29) is 17.4 Å². The fourth-order valence-electron chi connectivity index (χ4n) is 5.33. The summed E-state index contributed by atoms with van der Waals surface area (Å²) in [6.45, 7) is 4.25. The topological polar surface area (TPSA) is 57.4 Å². The summed E-state index contributed by atoms with van der Waals surface area (Å²) in [6.07, 6.45) is 1.92. The minimum absolute atomic E-state index is 0.0957. The standard InChI is InChI=1S/C25H29N3O2/c1-3-30-24(29)22-20(17-9-5-4-6-10-17)21-18-11-7-8-12-19(18)26-23(21)25(27-22)13-15-28(2)16-14-25/h4-12,20,22,26-27H,3,13-16H2,1-2H3/t20-,22+/m0/s1. The third-order valence-corrected chi connectivity index (χ3v) is 6.84. The highest BCUT2D eigenvalue weighted by Gasteiger charge is 2.50. The highest BCUT2D eigenvalue weighted by atomic mass is 16.5. The quantitative estimate of drug-likeness (QED) is 0.654. The molecule has 0 unspecified atom stereocenters. The van der Waals surface area contributed by atoms with Gasteiger partial charge in [0.25, 0.3) is 0 Å². The average molecular weight is 404 g/mol. The van der Waals surface area contributed by atoms with Gasteiger partial charge in [-0.05, 0) is 57.1 Å². The zero-order chi connectivity index (χ0) is 20.7. The maximum Gasteiger partial charge on any atom is 0.324 e. The molecule has 0 bridgehead atoms. The van der Waals surface area contributed by atoms with Gasteiger partial charge in [0.1, 0.15) is 6.04 Å². The molecule has 5 nitrogen and oxygen atoms in total. The van der Waals surface area contributed by atoms with Gasteiger partial charge in [-0.25, -0.2) is 0 Å². The number of piperidine rings is 1. The fraction of sp³-hybridized carbons (Fsp3) is 0.400. The van der Waals surface area contributed by atoms with Gasteiger partial charge in [-0.15, -0.1) is 0 Å². The Morgan fingerprint density at radius 2 is 1.80 bits per heavy atom. The van der Waals surface area contributed by atoms with E-state index in [2.05, 4.69) is 58.6 Å². The minimum atomic E-state index is -0.414. The molecule has 2 aliphatic rings. The van der Waals surface area contributed by atoms with E-state index in [4.69, 9.17) is 4.74 Å². The largest absolute Gasteiger partial charge is 0.465 e. The normalized spacial score (nSPS) is 23.4. The maximum absolute atomic E-state index is 13.2. The van der Waals surface area contributed by atoms with Crippen molar-refractivity contribution in [3.8, 4) is 0 Å². The summed E-state index contributed by atoms with van der Waals surface area (Å²) in [5, 5.41) is 5.01. The van der Waals surface area contributed by atoms with Crippen molar-refractivity contribution in [3.63, 3.8) is 0 Å². The number of benzene rings is 2. The Morgan fingerprint density at radius 1 is 1.10 bits per heavy atom. The molecule has 5 heteroatoms. The predicted octanol–water partition coefficient (Wildman–Crippen LogP) is 3.76. The smallest absolute Gasteiger partial charge is 0.324 e. The molecular weight excluding hydrogens is 374 g/mol. The van der Waals surface area contributed by atoms with Gasteiger partial charge in [0.15, 0.2) is 0 Å². The Bertz CT molecular complexity index is 1050.